The lowest BCUT2D eigenvalue weighted by molar-refractivity contribution is -0.121. The van der Waals surface area contributed by atoms with Gasteiger partial charge in [0, 0.05) is 35.9 Å². The normalized spacial score (nSPS) is 14.5. The number of amides is 3. The van der Waals surface area contributed by atoms with Gasteiger partial charge in [-0.25, -0.2) is 4.79 Å². The van der Waals surface area contributed by atoms with Gasteiger partial charge in [-0.1, -0.05) is 30.3 Å². The highest BCUT2D eigenvalue weighted by atomic mass is 16.2. The molecule has 0 radical (unpaired) electrons. The minimum atomic E-state index is -0.147. The molecule has 1 aliphatic rings. The Morgan fingerprint density at radius 3 is 2.22 bits per heavy atom. The maximum Gasteiger partial charge on any atom is 0.321 e. The van der Waals surface area contributed by atoms with Crippen LogP contribution in [0.25, 0.3) is 0 Å². The fourth-order valence-corrected chi connectivity index (χ4v) is 3.13. The van der Waals surface area contributed by atoms with E-state index in [-0.39, 0.29) is 23.6 Å². The van der Waals surface area contributed by atoms with Crippen LogP contribution >= 0.6 is 0 Å². The first-order chi connectivity index (χ1) is 13.0. The molecule has 2 aromatic rings. The highest BCUT2D eigenvalue weighted by Gasteiger charge is 2.27. The van der Waals surface area contributed by atoms with Crippen molar-refractivity contribution in [2.24, 2.45) is 5.92 Å². The van der Waals surface area contributed by atoms with Crippen LogP contribution in [0.3, 0.4) is 0 Å². The average Bonchev–Trinajstić information content (AvgIpc) is 2.69. The molecule has 27 heavy (non-hydrogen) atoms. The van der Waals surface area contributed by atoms with E-state index in [0.29, 0.717) is 37.2 Å². The van der Waals surface area contributed by atoms with Crippen molar-refractivity contribution in [1.82, 2.24) is 4.90 Å². The number of nitrogens with zero attached hydrogens (tertiary/aromatic N) is 1. The maximum absolute atomic E-state index is 12.5. The predicted molar refractivity (Wildman–Crippen MR) is 105 cm³/mol. The van der Waals surface area contributed by atoms with Gasteiger partial charge < -0.3 is 15.5 Å². The molecule has 3 rings (SSSR count). The summed E-state index contributed by atoms with van der Waals surface area (Å²) >= 11 is 0. The number of likely N-dealkylation sites (tertiary alicyclic amines) is 1. The van der Waals surface area contributed by atoms with Gasteiger partial charge in [-0.05, 0) is 44.0 Å². The summed E-state index contributed by atoms with van der Waals surface area (Å²) in [5.74, 6) is -0.255. The molecule has 0 bridgehead atoms. The van der Waals surface area contributed by atoms with E-state index in [0.717, 1.165) is 5.69 Å². The lowest BCUT2D eigenvalue weighted by atomic mass is 9.96. The first kappa shape index (κ1) is 18.6. The minimum absolute atomic E-state index is 0.0381. The number of rotatable bonds is 4. The van der Waals surface area contributed by atoms with Gasteiger partial charge in [-0.15, -0.1) is 0 Å². The number of Topliss-reactive ketones (excluding diaryl/α,β-unsaturated/α-hetero) is 1. The van der Waals surface area contributed by atoms with Crippen molar-refractivity contribution in [3.05, 3.63) is 60.2 Å². The molecule has 6 nitrogen and oxygen atoms in total. The number of para-hydroxylation sites is 1. The first-order valence-corrected chi connectivity index (χ1v) is 9.06. The molecule has 3 amide bonds. The summed E-state index contributed by atoms with van der Waals surface area (Å²) in [5, 5.41) is 5.75. The van der Waals surface area contributed by atoms with Crippen molar-refractivity contribution in [2.75, 3.05) is 23.7 Å². The smallest absolute Gasteiger partial charge is 0.321 e. The van der Waals surface area contributed by atoms with E-state index < -0.39 is 0 Å². The summed E-state index contributed by atoms with van der Waals surface area (Å²) < 4.78 is 0. The number of hydrogen-bond donors (Lipinski definition) is 2. The Balaban J connectivity index is 1.51. The Morgan fingerprint density at radius 2 is 1.56 bits per heavy atom. The molecular weight excluding hydrogens is 342 g/mol. The summed E-state index contributed by atoms with van der Waals surface area (Å²) in [6.07, 6.45) is 1.22. The molecule has 2 aromatic carbocycles. The summed E-state index contributed by atoms with van der Waals surface area (Å²) in [5.41, 5.74) is 1.95. The second kappa shape index (κ2) is 8.49. The molecule has 0 saturated carbocycles. The van der Waals surface area contributed by atoms with Gasteiger partial charge in [0.25, 0.3) is 0 Å². The molecule has 0 aromatic heterocycles. The number of carbonyl (C=O) groups is 3. The number of benzene rings is 2. The molecule has 0 unspecified atom stereocenters. The summed E-state index contributed by atoms with van der Waals surface area (Å²) in [4.78, 5) is 38.0. The van der Waals surface area contributed by atoms with Crippen molar-refractivity contribution < 1.29 is 14.4 Å². The number of hydrogen-bond acceptors (Lipinski definition) is 3. The van der Waals surface area contributed by atoms with Crippen LogP contribution in [-0.4, -0.2) is 35.7 Å². The molecule has 2 N–H and O–H groups in total. The average molecular weight is 365 g/mol. The highest BCUT2D eigenvalue weighted by Crippen LogP contribution is 2.21. The number of anilines is 2. The quantitative estimate of drug-likeness (QED) is 0.810. The minimum Gasteiger partial charge on any atom is -0.326 e. The molecular formula is C21H23N3O3. The third kappa shape index (κ3) is 4.94. The van der Waals surface area contributed by atoms with Gasteiger partial charge in [0.05, 0.1) is 0 Å². The van der Waals surface area contributed by atoms with E-state index in [1.165, 1.54) is 6.92 Å². The van der Waals surface area contributed by atoms with Crippen LogP contribution in [0.15, 0.2) is 54.6 Å². The molecule has 6 heteroatoms. The third-order valence-corrected chi connectivity index (χ3v) is 4.71. The summed E-state index contributed by atoms with van der Waals surface area (Å²) in [6, 6.07) is 16.1. The van der Waals surface area contributed by atoms with Crippen LogP contribution in [0.2, 0.25) is 0 Å². The van der Waals surface area contributed by atoms with Crippen LogP contribution in [0.5, 0.6) is 0 Å². The summed E-state index contributed by atoms with van der Waals surface area (Å²) in [6.45, 7) is 2.56. The number of carbonyl (C=O) groups excluding carboxylic acids is 3. The fourth-order valence-electron chi connectivity index (χ4n) is 3.13. The zero-order valence-electron chi connectivity index (χ0n) is 15.3. The van der Waals surface area contributed by atoms with Gasteiger partial charge in [-0.2, -0.15) is 0 Å². The molecule has 140 valence electrons. The van der Waals surface area contributed by atoms with E-state index in [2.05, 4.69) is 10.6 Å². The van der Waals surface area contributed by atoms with Crippen LogP contribution < -0.4 is 10.6 Å². The topological polar surface area (TPSA) is 78.5 Å². The van der Waals surface area contributed by atoms with Crippen molar-refractivity contribution >= 4 is 29.1 Å². The lowest BCUT2D eigenvalue weighted by Crippen LogP contribution is -2.43. The Bertz CT molecular complexity index is 828. The van der Waals surface area contributed by atoms with E-state index >= 15 is 0 Å². The van der Waals surface area contributed by atoms with Crippen molar-refractivity contribution in [3.63, 3.8) is 0 Å². The molecule has 0 aliphatic carbocycles. The number of nitrogens with one attached hydrogen (secondary N) is 2. The molecule has 1 saturated heterocycles. The standard InChI is InChI=1S/C21H23N3O3/c1-15(25)17-6-5-9-19(14-17)22-20(26)16-10-12-24(13-11-16)21(27)23-18-7-3-2-4-8-18/h2-9,14,16H,10-13H2,1H3,(H,22,26)(H,23,27). The first-order valence-electron chi connectivity index (χ1n) is 9.06. The Hall–Kier alpha value is -3.15. The van der Waals surface area contributed by atoms with E-state index in [1.54, 1.807) is 29.2 Å². The van der Waals surface area contributed by atoms with Gasteiger partial charge in [0.15, 0.2) is 5.78 Å². The number of piperidine rings is 1. The number of ketones is 1. The van der Waals surface area contributed by atoms with E-state index in [1.807, 2.05) is 30.3 Å². The zero-order chi connectivity index (χ0) is 19.2. The highest BCUT2D eigenvalue weighted by molar-refractivity contribution is 5.97. The van der Waals surface area contributed by atoms with E-state index in [9.17, 15) is 14.4 Å². The lowest BCUT2D eigenvalue weighted by Gasteiger charge is -2.31. The third-order valence-electron chi connectivity index (χ3n) is 4.71. The Kier molecular flexibility index (Phi) is 5.86. The van der Waals surface area contributed by atoms with Crippen molar-refractivity contribution in [1.29, 1.82) is 0 Å². The van der Waals surface area contributed by atoms with Crippen molar-refractivity contribution in [3.8, 4) is 0 Å². The van der Waals surface area contributed by atoms with Gasteiger partial charge >= 0.3 is 6.03 Å². The Morgan fingerprint density at radius 1 is 0.889 bits per heavy atom. The molecule has 0 spiro atoms. The van der Waals surface area contributed by atoms with Gasteiger partial charge in [-0.3, -0.25) is 9.59 Å². The maximum atomic E-state index is 12.5. The summed E-state index contributed by atoms with van der Waals surface area (Å²) in [7, 11) is 0. The molecule has 0 atom stereocenters. The van der Waals surface area contributed by atoms with Crippen LogP contribution in [-0.2, 0) is 4.79 Å². The SMILES string of the molecule is CC(=O)c1cccc(NC(=O)C2CCN(C(=O)Nc3ccccc3)CC2)c1. The van der Waals surface area contributed by atoms with Crippen LogP contribution in [0, 0.1) is 5.92 Å². The molecule has 1 aliphatic heterocycles. The van der Waals surface area contributed by atoms with Gasteiger partial charge in [0.1, 0.15) is 0 Å². The Labute approximate surface area is 158 Å². The van der Waals surface area contributed by atoms with Gasteiger partial charge in [0.2, 0.25) is 5.91 Å². The van der Waals surface area contributed by atoms with E-state index in [4.69, 9.17) is 0 Å². The second-order valence-corrected chi connectivity index (χ2v) is 6.68. The fraction of sp³-hybridized carbons (Fsp3) is 0.286. The monoisotopic (exact) mass is 365 g/mol. The largest absolute Gasteiger partial charge is 0.326 e. The zero-order valence-corrected chi connectivity index (χ0v) is 15.3. The second-order valence-electron chi connectivity index (χ2n) is 6.68. The van der Waals surface area contributed by atoms with Crippen LogP contribution in [0.1, 0.15) is 30.1 Å². The predicted octanol–water partition coefficient (Wildman–Crippen LogP) is 3.77. The van der Waals surface area contributed by atoms with Crippen LogP contribution in [0.4, 0.5) is 16.2 Å². The molecule has 1 heterocycles. The van der Waals surface area contributed by atoms with Crippen molar-refractivity contribution in [2.45, 2.75) is 19.8 Å². The molecule has 1 fully saturated rings. The number of urea groups is 1.